The second-order valence-electron chi connectivity index (χ2n) is 4.24. The van der Waals surface area contributed by atoms with Gasteiger partial charge in [-0.15, -0.1) is 0 Å². The second-order valence-corrected chi connectivity index (χ2v) is 5.16. The Hall–Kier alpha value is -2.34. The SMILES string of the molecule is Nc1cc(Br)cc(-c2nc(-c3ccc(O)cc3)no2)c1. The largest absolute Gasteiger partial charge is 0.508 e. The molecule has 0 fully saturated rings. The van der Waals surface area contributed by atoms with Gasteiger partial charge in [-0.2, -0.15) is 4.98 Å². The van der Waals surface area contributed by atoms with Gasteiger partial charge in [-0.25, -0.2) is 0 Å². The number of nitrogens with two attached hydrogens (primary N) is 1. The molecule has 100 valence electrons. The van der Waals surface area contributed by atoms with Gasteiger partial charge in [-0.05, 0) is 42.5 Å². The van der Waals surface area contributed by atoms with Crippen LogP contribution in [0.1, 0.15) is 0 Å². The summed E-state index contributed by atoms with van der Waals surface area (Å²) in [6.07, 6.45) is 0. The minimum atomic E-state index is 0.192. The van der Waals surface area contributed by atoms with Crippen molar-refractivity contribution in [1.82, 2.24) is 10.1 Å². The molecule has 6 heteroatoms. The molecule has 0 aliphatic heterocycles. The van der Waals surface area contributed by atoms with E-state index < -0.39 is 0 Å². The molecule has 1 aromatic heterocycles. The number of nitrogens with zero attached hydrogens (tertiary/aromatic N) is 2. The summed E-state index contributed by atoms with van der Waals surface area (Å²) >= 11 is 3.37. The van der Waals surface area contributed by atoms with Crippen LogP contribution < -0.4 is 5.73 Å². The summed E-state index contributed by atoms with van der Waals surface area (Å²) in [5.41, 5.74) is 7.90. The van der Waals surface area contributed by atoms with Crippen molar-refractivity contribution in [2.75, 3.05) is 5.73 Å². The summed E-state index contributed by atoms with van der Waals surface area (Å²) in [5.74, 6) is 1.04. The molecule has 0 atom stereocenters. The molecule has 0 amide bonds. The average molecular weight is 332 g/mol. The smallest absolute Gasteiger partial charge is 0.258 e. The van der Waals surface area contributed by atoms with Crippen LogP contribution in [-0.2, 0) is 0 Å². The first-order valence-corrected chi connectivity index (χ1v) is 6.61. The molecule has 0 bridgehead atoms. The van der Waals surface area contributed by atoms with Gasteiger partial charge in [0.05, 0.1) is 0 Å². The number of nitrogen functional groups attached to an aromatic ring is 1. The predicted molar refractivity (Wildman–Crippen MR) is 78.9 cm³/mol. The van der Waals surface area contributed by atoms with E-state index in [1.807, 2.05) is 6.07 Å². The van der Waals surface area contributed by atoms with Crippen molar-refractivity contribution in [3.8, 4) is 28.6 Å². The summed E-state index contributed by atoms with van der Waals surface area (Å²) in [7, 11) is 0. The highest BCUT2D eigenvalue weighted by atomic mass is 79.9. The van der Waals surface area contributed by atoms with Gasteiger partial charge < -0.3 is 15.4 Å². The van der Waals surface area contributed by atoms with Crippen molar-refractivity contribution in [2.24, 2.45) is 0 Å². The van der Waals surface area contributed by atoms with E-state index in [1.165, 1.54) is 0 Å². The first-order chi connectivity index (χ1) is 9.61. The molecule has 0 radical (unpaired) electrons. The maximum absolute atomic E-state index is 9.26. The third-order valence-electron chi connectivity index (χ3n) is 2.72. The highest BCUT2D eigenvalue weighted by Gasteiger charge is 2.11. The van der Waals surface area contributed by atoms with Crippen LogP contribution >= 0.6 is 15.9 Å². The van der Waals surface area contributed by atoms with Crippen LogP contribution in [-0.4, -0.2) is 15.2 Å². The third-order valence-corrected chi connectivity index (χ3v) is 3.18. The lowest BCUT2D eigenvalue weighted by atomic mass is 10.2. The van der Waals surface area contributed by atoms with Gasteiger partial charge in [0.1, 0.15) is 5.75 Å². The fraction of sp³-hybridized carbons (Fsp3) is 0. The molecule has 0 unspecified atom stereocenters. The van der Waals surface area contributed by atoms with Crippen molar-refractivity contribution >= 4 is 21.6 Å². The zero-order valence-electron chi connectivity index (χ0n) is 10.2. The molecular formula is C14H10BrN3O2. The van der Waals surface area contributed by atoms with Crippen molar-refractivity contribution in [3.63, 3.8) is 0 Å². The van der Waals surface area contributed by atoms with Crippen LogP contribution in [0.5, 0.6) is 5.75 Å². The molecule has 0 spiro atoms. The monoisotopic (exact) mass is 331 g/mol. The Balaban J connectivity index is 1.99. The van der Waals surface area contributed by atoms with Crippen molar-refractivity contribution < 1.29 is 9.63 Å². The molecular weight excluding hydrogens is 322 g/mol. The normalized spacial score (nSPS) is 10.7. The summed E-state index contributed by atoms with van der Waals surface area (Å²) in [6.45, 7) is 0. The maximum Gasteiger partial charge on any atom is 0.258 e. The summed E-state index contributed by atoms with van der Waals surface area (Å²) in [6, 6.07) is 12.0. The molecule has 20 heavy (non-hydrogen) atoms. The lowest BCUT2D eigenvalue weighted by Crippen LogP contribution is -1.86. The minimum Gasteiger partial charge on any atom is -0.508 e. The standard InChI is InChI=1S/C14H10BrN3O2/c15-10-5-9(6-11(16)7-10)14-17-13(18-20-14)8-1-3-12(19)4-2-8/h1-7,19H,16H2. The van der Waals surface area contributed by atoms with E-state index in [-0.39, 0.29) is 5.75 Å². The lowest BCUT2D eigenvalue weighted by Gasteiger charge is -1.98. The minimum absolute atomic E-state index is 0.192. The number of rotatable bonds is 2. The summed E-state index contributed by atoms with van der Waals surface area (Å²) in [5, 5.41) is 13.2. The highest BCUT2D eigenvalue weighted by molar-refractivity contribution is 9.10. The van der Waals surface area contributed by atoms with Gasteiger partial charge >= 0.3 is 0 Å². The van der Waals surface area contributed by atoms with Crippen LogP contribution in [0.4, 0.5) is 5.69 Å². The Labute approximate surface area is 123 Å². The topological polar surface area (TPSA) is 85.2 Å². The highest BCUT2D eigenvalue weighted by Crippen LogP contribution is 2.27. The number of hydrogen-bond donors (Lipinski definition) is 2. The fourth-order valence-electron chi connectivity index (χ4n) is 1.80. The Morgan fingerprint density at radius 3 is 2.50 bits per heavy atom. The molecule has 3 N–H and O–H groups in total. The van der Waals surface area contributed by atoms with Gasteiger partial charge in [0, 0.05) is 21.3 Å². The van der Waals surface area contributed by atoms with E-state index in [0.29, 0.717) is 17.4 Å². The summed E-state index contributed by atoms with van der Waals surface area (Å²) in [4.78, 5) is 4.33. The Bertz CT molecular complexity index is 733. The maximum atomic E-state index is 9.26. The lowest BCUT2D eigenvalue weighted by molar-refractivity contribution is 0.432. The van der Waals surface area contributed by atoms with Gasteiger partial charge in [0.15, 0.2) is 0 Å². The molecule has 3 aromatic rings. The number of phenols is 1. The van der Waals surface area contributed by atoms with Gasteiger partial charge in [-0.1, -0.05) is 21.1 Å². The number of anilines is 1. The number of phenolic OH excluding ortho intramolecular Hbond substituents is 1. The van der Waals surface area contributed by atoms with E-state index in [4.69, 9.17) is 10.3 Å². The van der Waals surface area contributed by atoms with E-state index in [0.717, 1.165) is 15.6 Å². The number of halogens is 1. The molecule has 0 aliphatic rings. The number of benzene rings is 2. The number of aromatic hydroxyl groups is 1. The van der Waals surface area contributed by atoms with Gasteiger partial charge in [0.25, 0.3) is 5.89 Å². The zero-order valence-corrected chi connectivity index (χ0v) is 11.8. The summed E-state index contributed by atoms with van der Waals surface area (Å²) < 4.78 is 6.09. The van der Waals surface area contributed by atoms with Gasteiger partial charge in [0.2, 0.25) is 5.82 Å². The van der Waals surface area contributed by atoms with E-state index in [9.17, 15) is 5.11 Å². The molecule has 0 aliphatic carbocycles. The third kappa shape index (κ3) is 2.50. The van der Waals surface area contributed by atoms with Crippen LogP contribution in [0.2, 0.25) is 0 Å². The molecule has 5 nitrogen and oxygen atoms in total. The van der Waals surface area contributed by atoms with Crippen LogP contribution in [0, 0.1) is 0 Å². The molecule has 1 heterocycles. The van der Waals surface area contributed by atoms with Crippen molar-refractivity contribution in [1.29, 1.82) is 0 Å². The Morgan fingerprint density at radius 2 is 1.80 bits per heavy atom. The quantitative estimate of drug-likeness (QED) is 0.702. The van der Waals surface area contributed by atoms with Crippen molar-refractivity contribution in [3.05, 3.63) is 46.9 Å². The molecule has 0 saturated heterocycles. The molecule has 3 rings (SSSR count). The van der Waals surface area contributed by atoms with E-state index in [1.54, 1.807) is 36.4 Å². The molecule has 2 aromatic carbocycles. The van der Waals surface area contributed by atoms with Crippen molar-refractivity contribution in [2.45, 2.75) is 0 Å². The van der Waals surface area contributed by atoms with Crippen LogP contribution in [0.3, 0.4) is 0 Å². The fourth-order valence-corrected chi connectivity index (χ4v) is 2.32. The first kappa shape index (κ1) is 12.7. The Morgan fingerprint density at radius 1 is 1.05 bits per heavy atom. The average Bonchev–Trinajstić information content (AvgIpc) is 2.88. The van der Waals surface area contributed by atoms with Gasteiger partial charge in [-0.3, -0.25) is 0 Å². The predicted octanol–water partition coefficient (Wildman–Crippen LogP) is 3.45. The van der Waals surface area contributed by atoms with E-state index >= 15 is 0 Å². The number of hydrogen-bond acceptors (Lipinski definition) is 5. The zero-order chi connectivity index (χ0) is 14.1. The van der Waals surface area contributed by atoms with Crippen LogP contribution in [0.15, 0.2) is 51.5 Å². The Kier molecular flexibility index (Phi) is 3.15. The first-order valence-electron chi connectivity index (χ1n) is 5.81. The number of aromatic nitrogens is 2. The second kappa shape index (κ2) is 4.97. The van der Waals surface area contributed by atoms with E-state index in [2.05, 4.69) is 26.1 Å². The molecule has 0 saturated carbocycles. The van der Waals surface area contributed by atoms with Crippen LogP contribution in [0.25, 0.3) is 22.8 Å².